The van der Waals surface area contributed by atoms with Crippen LogP contribution in [0.15, 0.2) is 83.3 Å². The number of carbonyl (C=O) groups excluding carboxylic acids is 2. The smallest absolute Gasteiger partial charge is 0.261 e. The minimum atomic E-state index is -0.691. The summed E-state index contributed by atoms with van der Waals surface area (Å²) >= 11 is 3.48. The van der Waals surface area contributed by atoms with Crippen LogP contribution in [0.4, 0.5) is 0 Å². The first-order valence-corrected chi connectivity index (χ1v) is 14.0. The van der Waals surface area contributed by atoms with Gasteiger partial charge in [-0.2, -0.15) is 0 Å². The summed E-state index contributed by atoms with van der Waals surface area (Å²) in [6.45, 7) is 10.5. The molecule has 3 aromatic carbocycles. The van der Waals surface area contributed by atoms with Crippen molar-refractivity contribution in [2.75, 3.05) is 6.61 Å². The number of nitrogens with zero attached hydrogens (tertiary/aromatic N) is 1. The van der Waals surface area contributed by atoms with Crippen LogP contribution in [0.25, 0.3) is 0 Å². The summed E-state index contributed by atoms with van der Waals surface area (Å²) in [6.07, 6.45) is 1.21. The number of hydrogen-bond acceptors (Lipinski definition) is 3. The van der Waals surface area contributed by atoms with Crippen molar-refractivity contribution in [3.8, 4) is 5.75 Å². The largest absolute Gasteiger partial charge is 0.483 e. The van der Waals surface area contributed by atoms with Gasteiger partial charge in [-0.05, 0) is 53.6 Å². The first-order chi connectivity index (χ1) is 18.1. The Morgan fingerprint density at radius 2 is 1.55 bits per heavy atom. The van der Waals surface area contributed by atoms with Crippen molar-refractivity contribution in [2.24, 2.45) is 0 Å². The fourth-order valence-corrected chi connectivity index (χ4v) is 4.48. The Bertz CT molecular complexity index is 1190. The highest BCUT2D eigenvalue weighted by molar-refractivity contribution is 9.10. The zero-order valence-electron chi connectivity index (χ0n) is 23.0. The second-order valence-corrected chi connectivity index (χ2v) is 11.6. The highest BCUT2D eigenvalue weighted by Crippen LogP contribution is 2.31. The molecule has 2 atom stereocenters. The number of hydrogen-bond donors (Lipinski definition) is 1. The van der Waals surface area contributed by atoms with Gasteiger partial charge >= 0.3 is 0 Å². The van der Waals surface area contributed by atoms with Gasteiger partial charge in [-0.3, -0.25) is 9.59 Å². The van der Waals surface area contributed by atoms with Gasteiger partial charge in [0.05, 0.1) is 0 Å². The van der Waals surface area contributed by atoms with E-state index in [0.29, 0.717) is 18.7 Å². The third-order valence-electron chi connectivity index (χ3n) is 6.58. The van der Waals surface area contributed by atoms with E-state index in [-0.39, 0.29) is 29.9 Å². The molecule has 38 heavy (non-hydrogen) atoms. The number of carbonyl (C=O) groups is 2. The summed E-state index contributed by atoms with van der Waals surface area (Å²) in [6, 6.07) is 24.8. The van der Waals surface area contributed by atoms with Crippen molar-refractivity contribution < 1.29 is 14.3 Å². The number of rotatable bonds is 11. The van der Waals surface area contributed by atoms with E-state index < -0.39 is 6.04 Å². The van der Waals surface area contributed by atoms with Crippen LogP contribution in [0, 0.1) is 0 Å². The molecule has 0 aliphatic carbocycles. The lowest BCUT2D eigenvalue weighted by atomic mass is 9.86. The van der Waals surface area contributed by atoms with Gasteiger partial charge in [-0.1, -0.05) is 104 Å². The normalized spacial score (nSPS) is 12.9. The van der Waals surface area contributed by atoms with Crippen LogP contribution < -0.4 is 10.1 Å². The van der Waals surface area contributed by atoms with Crippen LogP contribution in [0.1, 0.15) is 57.7 Å². The molecule has 0 radical (unpaired) electrons. The van der Waals surface area contributed by atoms with Crippen molar-refractivity contribution in [2.45, 2.75) is 71.5 Å². The van der Waals surface area contributed by atoms with Crippen molar-refractivity contribution in [1.29, 1.82) is 0 Å². The van der Waals surface area contributed by atoms with Crippen molar-refractivity contribution in [3.05, 3.63) is 100 Å². The lowest BCUT2D eigenvalue weighted by molar-refractivity contribution is -0.143. The molecule has 0 spiro atoms. The summed E-state index contributed by atoms with van der Waals surface area (Å²) in [7, 11) is 0. The maximum atomic E-state index is 13.9. The second-order valence-electron chi connectivity index (χ2n) is 10.7. The first kappa shape index (κ1) is 29.4. The van der Waals surface area contributed by atoms with E-state index in [1.165, 1.54) is 0 Å². The van der Waals surface area contributed by atoms with Gasteiger partial charge in [-0.25, -0.2) is 0 Å². The average Bonchev–Trinajstić information content (AvgIpc) is 2.90. The molecule has 0 fully saturated rings. The van der Waals surface area contributed by atoms with Gasteiger partial charge in [0.1, 0.15) is 11.8 Å². The number of halogens is 1. The Kier molecular flexibility index (Phi) is 10.5. The SMILES string of the molecule is CC[C@H](C)NC(=O)[C@@H](Cc1ccccc1)N(Cc1ccc(Br)cc1)C(=O)COc1ccccc1C(C)(C)C. The molecule has 0 saturated heterocycles. The highest BCUT2D eigenvalue weighted by Gasteiger charge is 2.31. The zero-order valence-corrected chi connectivity index (χ0v) is 24.6. The number of ether oxygens (including phenoxy) is 1. The summed E-state index contributed by atoms with van der Waals surface area (Å²) in [4.78, 5) is 29.1. The van der Waals surface area contributed by atoms with Gasteiger partial charge in [0.2, 0.25) is 5.91 Å². The molecule has 0 heterocycles. The molecule has 3 aromatic rings. The van der Waals surface area contributed by atoms with E-state index in [9.17, 15) is 9.59 Å². The van der Waals surface area contributed by atoms with Gasteiger partial charge in [0, 0.05) is 23.5 Å². The summed E-state index contributed by atoms with van der Waals surface area (Å²) in [5.41, 5.74) is 2.82. The van der Waals surface area contributed by atoms with E-state index in [1.54, 1.807) is 4.90 Å². The lowest BCUT2D eigenvalue weighted by Crippen LogP contribution is -2.53. The maximum absolute atomic E-state index is 13.9. The predicted octanol–water partition coefficient (Wildman–Crippen LogP) is 6.68. The van der Waals surface area contributed by atoms with E-state index in [2.05, 4.69) is 42.0 Å². The average molecular weight is 580 g/mol. The molecule has 0 aliphatic heterocycles. The Balaban J connectivity index is 1.94. The topological polar surface area (TPSA) is 58.6 Å². The molecule has 0 aliphatic rings. The van der Waals surface area contributed by atoms with Crippen LogP contribution in [-0.2, 0) is 28.0 Å². The molecule has 202 valence electrons. The Morgan fingerprint density at radius 1 is 0.921 bits per heavy atom. The molecule has 0 saturated carbocycles. The van der Waals surface area contributed by atoms with E-state index >= 15 is 0 Å². The molecular formula is C32H39BrN2O3. The molecule has 0 bridgehead atoms. The maximum Gasteiger partial charge on any atom is 0.261 e. The molecule has 0 unspecified atom stereocenters. The van der Waals surface area contributed by atoms with Crippen molar-refractivity contribution >= 4 is 27.7 Å². The fraction of sp³-hybridized carbons (Fsp3) is 0.375. The second kappa shape index (κ2) is 13.6. The van der Waals surface area contributed by atoms with Crippen LogP contribution in [0.3, 0.4) is 0 Å². The quantitative estimate of drug-likeness (QED) is 0.276. The number of amides is 2. The van der Waals surface area contributed by atoms with Gasteiger partial charge in [0.25, 0.3) is 5.91 Å². The summed E-state index contributed by atoms with van der Waals surface area (Å²) in [5.74, 6) is 0.279. The monoisotopic (exact) mass is 578 g/mol. The first-order valence-electron chi connectivity index (χ1n) is 13.2. The predicted molar refractivity (Wildman–Crippen MR) is 157 cm³/mol. The standard InChI is InChI=1S/C32H39BrN2O3/c1-6-23(2)34-31(37)28(20-24-12-8-7-9-13-24)35(21-25-16-18-26(33)19-17-25)30(36)22-38-29-15-11-10-14-27(29)32(3,4)5/h7-19,23,28H,6,20-22H2,1-5H3,(H,34,37)/t23-,28+/m0/s1. The third-order valence-corrected chi connectivity index (χ3v) is 7.11. The number of nitrogens with one attached hydrogen (secondary N) is 1. The Morgan fingerprint density at radius 3 is 2.18 bits per heavy atom. The van der Waals surface area contributed by atoms with Gasteiger partial charge < -0.3 is 15.0 Å². The Hall–Kier alpha value is -3.12. The highest BCUT2D eigenvalue weighted by atomic mass is 79.9. The third kappa shape index (κ3) is 8.45. The number of benzene rings is 3. The van der Waals surface area contributed by atoms with E-state index in [4.69, 9.17) is 4.74 Å². The van der Waals surface area contributed by atoms with Gasteiger partial charge in [0.15, 0.2) is 6.61 Å². The molecule has 0 aromatic heterocycles. The van der Waals surface area contributed by atoms with Crippen LogP contribution in [-0.4, -0.2) is 35.4 Å². The van der Waals surface area contributed by atoms with Gasteiger partial charge in [-0.15, -0.1) is 0 Å². The minimum Gasteiger partial charge on any atom is -0.483 e. The van der Waals surface area contributed by atoms with E-state index in [0.717, 1.165) is 27.6 Å². The Labute approximate surface area is 235 Å². The van der Waals surface area contributed by atoms with Crippen LogP contribution in [0.2, 0.25) is 0 Å². The molecular weight excluding hydrogens is 540 g/mol. The fourth-order valence-electron chi connectivity index (χ4n) is 4.22. The zero-order chi connectivity index (χ0) is 27.7. The van der Waals surface area contributed by atoms with Crippen molar-refractivity contribution in [3.63, 3.8) is 0 Å². The molecule has 1 N–H and O–H groups in total. The molecule has 6 heteroatoms. The van der Waals surface area contributed by atoms with Crippen molar-refractivity contribution in [1.82, 2.24) is 10.2 Å². The molecule has 3 rings (SSSR count). The number of para-hydroxylation sites is 1. The van der Waals surface area contributed by atoms with Crippen LogP contribution >= 0.6 is 15.9 Å². The van der Waals surface area contributed by atoms with E-state index in [1.807, 2.05) is 92.7 Å². The summed E-state index contributed by atoms with van der Waals surface area (Å²) in [5, 5.41) is 3.10. The molecule has 5 nitrogen and oxygen atoms in total. The minimum absolute atomic E-state index is 0.000295. The lowest BCUT2D eigenvalue weighted by Gasteiger charge is -2.32. The van der Waals surface area contributed by atoms with Crippen LogP contribution in [0.5, 0.6) is 5.75 Å². The summed E-state index contributed by atoms with van der Waals surface area (Å²) < 4.78 is 7.07. The molecule has 2 amide bonds.